The van der Waals surface area contributed by atoms with Gasteiger partial charge < -0.3 is 10.0 Å². The van der Waals surface area contributed by atoms with E-state index >= 15 is 0 Å². The van der Waals surface area contributed by atoms with Crippen molar-refractivity contribution in [3.8, 4) is 0 Å². The zero-order valence-electron chi connectivity index (χ0n) is 13.8. The predicted molar refractivity (Wildman–Crippen MR) is 83.6 cm³/mol. The smallest absolute Gasteiger partial charge is 0.257 e. The minimum absolute atomic E-state index is 0.0664. The van der Waals surface area contributed by atoms with Crippen molar-refractivity contribution in [1.82, 2.24) is 14.9 Å². The molecular formula is C17H25N3O2. The van der Waals surface area contributed by atoms with Crippen LogP contribution in [0.1, 0.15) is 61.4 Å². The van der Waals surface area contributed by atoms with Gasteiger partial charge in [-0.15, -0.1) is 0 Å². The van der Waals surface area contributed by atoms with Gasteiger partial charge in [0.1, 0.15) is 5.82 Å². The molecule has 1 saturated heterocycles. The van der Waals surface area contributed by atoms with Crippen molar-refractivity contribution in [2.45, 2.75) is 52.1 Å². The van der Waals surface area contributed by atoms with Crippen LogP contribution in [-0.4, -0.2) is 44.6 Å². The van der Waals surface area contributed by atoms with E-state index in [1.807, 2.05) is 27.7 Å². The number of likely N-dealkylation sites (tertiary alicyclic amines) is 1. The van der Waals surface area contributed by atoms with Crippen molar-refractivity contribution in [3.63, 3.8) is 0 Å². The number of aromatic nitrogens is 2. The molecule has 0 unspecified atom stereocenters. The minimum Gasteiger partial charge on any atom is -0.387 e. The molecular weight excluding hydrogens is 278 g/mol. The Morgan fingerprint density at radius 3 is 2.64 bits per heavy atom. The topological polar surface area (TPSA) is 66.3 Å². The summed E-state index contributed by atoms with van der Waals surface area (Å²) in [5.41, 5.74) is 0.498. The summed E-state index contributed by atoms with van der Waals surface area (Å²) in [5.74, 6) is 1.48. The maximum atomic E-state index is 12.8. The molecule has 1 aromatic heterocycles. The molecule has 0 spiro atoms. The van der Waals surface area contributed by atoms with E-state index in [2.05, 4.69) is 9.97 Å². The Hall–Kier alpha value is -1.49. The summed E-state index contributed by atoms with van der Waals surface area (Å²) < 4.78 is 0. The lowest BCUT2D eigenvalue weighted by Gasteiger charge is -2.31. The normalized spacial score (nSPS) is 28.5. The first kappa shape index (κ1) is 15.4. The van der Waals surface area contributed by atoms with Crippen molar-refractivity contribution in [2.24, 2.45) is 11.8 Å². The van der Waals surface area contributed by atoms with Gasteiger partial charge in [0.15, 0.2) is 0 Å². The molecule has 120 valence electrons. The molecule has 2 atom stereocenters. The number of amides is 1. The molecule has 0 radical (unpaired) electrons. The van der Waals surface area contributed by atoms with Gasteiger partial charge in [-0.25, -0.2) is 9.97 Å². The first-order valence-corrected chi connectivity index (χ1v) is 8.18. The zero-order valence-corrected chi connectivity index (χ0v) is 13.8. The summed E-state index contributed by atoms with van der Waals surface area (Å²) in [4.78, 5) is 23.4. The SMILES string of the molecule is Cc1nc(C2CC2)ncc1C(=O)N1C[C@@H](C)[C@](O)(C(C)C)C1. The molecule has 2 fully saturated rings. The van der Waals surface area contributed by atoms with Crippen LogP contribution in [0.25, 0.3) is 0 Å². The molecule has 1 aromatic rings. The van der Waals surface area contributed by atoms with Crippen molar-refractivity contribution in [1.29, 1.82) is 0 Å². The summed E-state index contributed by atoms with van der Waals surface area (Å²) >= 11 is 0. The van der Waals surface area contributed by atoms with Crippen LogP contribution in [0.4, 0.5) is 0 Å². The van der Waals surface area contributed by atoms with Crippen molar-refractivity contribution in [3.05, 3.63) is 23.3 Å². The fourth-order valence-electron chi connectivity index (χ4n) is 3.32. The summed E-state index contributed by atoms with van der Waals surface area (Å²) in [6.07, 6.45) is 3.96. The van der Waals surface area contributed by atoms with E-state index in [0.29, 0.717) is 24.6 Å². The Kier molecular flexibility index (Phi) is 3.71. The lowest BCUT2D eigenvalue weighted by Crippen LogP contribution is -2.43. The average Bonchev–Trinajstić information content (AvgIpc) is 3.25. The molecule has 0 aromatic carbocycles. The fraction of sp³-hybridized carbons (Fsp3) is 0.706. The van der Waals surface area contributed by atoms with Gasteiger partial charge in [-0.2, -0.15) is 0 Å². The number of carbonyl (C=O) groups excluding carboxylic acids is 1. The Labute approximate surface area is 131 Å². The highest BCUT2D eigenvalue weighted by Gasteiger charge is 2.46. The Morgan fingerprint density at radius 2 is 2.14 bits per heavy atom. The number of aryl methyl sites for hydroxylation is 1. The maximum absolute atomic E-state index is 12.8. The highest BCUT2D eigenvalue weighted by Crippen LogP contribution is 2.38. The van der Waals surface area contributed by atoms with Crippen molar-refractivity contribution < 1.29 is 9.90 Å². The Bertz CT molecular complexity index is 598. The highest BCUT2D eigenvalue weighted by atomic mass is 16.3. The van der Waals surface area contributed by atoms with Crippen LogP contribution in [0.2, 0.25) is 0 Å². The van der Waals surface area contributed by atoms with E-state index in [-0.39, 0.29) is 17.7 Å². The zero-order chi connectivity index (χ0) is 16.1. The summed E-state index contributed by atoms with van der Waals surface area (Å²) in [6.45, 7) is 8.85. The molecule has 5 nitrogen and oxygen atoms in total. The third-order valence-electron chi connectivity index (χ3n) is 5.25. The Balaban J connectivity index is 1.80. The summed E-state index contributed by atoms with van der Waals surface area (Å²) in [5, 5.41) is 10.8. The number of rotatable bonds is 3. The van der Waals surface area contributed by atoms with Crippen molar-refractivity contribution >= 4 is 5.91 Å². The van der Waals surface area contributed by atoms with Crippen LogP contribution in [0, 0.1) is 18.8 Å². The fourth-order valence-corrected chi connectivity index (χ4v) is 3.32. The molecule has 1 aliphatic carbocycles. The van der Waals surface area contributed by atoms with E-state index in [0.717, 1.165) is 24.4 Å². The number of hydrogen-bond acceptors (Lipinski definition) is 4. The van der Waals surface area contributed by atoms with Gasteiger partial charge in [0.2, 0.25) is 0 Å². The molecule has 1 saturated carbocycles. The third-order valence-corrected chi connectivity index (χ3v) is 5.25. The maximum Gasteiger partial charge on any atom is 0.257 e. The van der Waals surface area contributed by atoms with Gasteiger partial charge >= 0.3 is 0 Å². The number of aliphatic hydroxyl groups is 1. The van der Waals surface area contributed by atoms with Crippen LogP contribution < -0.4 is 0 Å². The van der Waals surface area contributed by atoms with Crippen LogP contribution >= 0.6 is 0 Å². The molecule has 2 aliphatic rings. The van der Waals surface area contributed by atoms with E-state index < -0.39 is 5.60 Å². The molecule has 5 heteroatoms. The minimum atomic E-state index is -0.807. The van der Waals surface area contributed by atoms with Crippen LogP contribution in [0.3, 0.4) is 0 Å². The highest BCUT2D eigenvalue weighted by molar-refractivity contribution is 5.95. The second kappa shape index (κ2) is 5.30. The number of nitrogens with zero attached hydrogens (tertiary/aromatic N) is 3. The lowest BCUT2D eigenvalue weighted by atomic mass is 9.82. The van der Waals surface area contributed by atoms with Crippen LogP contribution in [-0.2, 0) is 0 Å². The number of carbonyl (C=O) groups is 1. The second-order valence-corrected chi connectivity index (χ2v) is 7.23. The summed E-state index contributed by atoms with van der Waals surface area (Å²) in [7, 11) is 0. The van der Waals surface area contributed by atoms with Gasteiger partial charge in [0.05, 0.1) is 23.4 Å². The second-order valence-electron chi connectivity index (χ2n) is 7.23. The molecule has 1 aliphatic heterocycles. The molecule has 0 bridgehead atoms. The predicted octanol–water partition coefficient (Wildman–Crippen LogP) is 2.14. The van der Waals surface area contributed by atoms with E-state index in [1.54, 1.807) is 11.1 Å². The van der Waals surface area contributed by atoms with E-state index in [1.165, 1.54) is 0 Å². The summed E-state index contributed by atoms with van der Waals surface area (Å²) in [6, 6.07) is 0. The first-order valence-electron chi connectivity index (χ1n) is 8.18. The molecule has 3 rings (SSSR count). The van der Waals surface area contributed by atoms with Crippen LogP contribution in [0.15, 0.2) is 6.20 Å². The van der Waals surface area contributed by atoms with Gasteiger partial charge in [-0.1, -0.05) is 20.8 Å². The standard InChI is InChI=1S/C17H25N3O2/c1-10(2)17(22)9-20(8-11(17)3)16(21)14-7-18-15(13-5-6-13)19-12(14)4/h7,10-11,13,22H,5-6,8-9H2,1-4H3/t11-,17-/m1/s1. The molecule has 22 heavy (non-hydrogen) atoms. The molecule has 2 heterocycles. The quantitative estimate of drug-likeness (QED) is 0.929. The van der Waals surface area contributed by atoms with Crippen molar-refractivity contribution in [2.75, 3.05) is 13.1 Å². The number of β-amino-alcohol motifs (C(OH)–C–C–N with tert-alkyl or cyclic N) is 1. The lowest BCUT2D eigenvalue weighted by molar-refractivity contribution is -0.0244. The van der Waals surface area contributed by atoms with Gasteiger partial charge in [0, 0.05) is 24.6 Å². The average molecular weight is 303 g/mol. The van der Waals surface area contributed by atoms with E-state index in [4.69, 9.17) is 0 Å². The Morgan fingerprint density at radius 1 is 1.45 bits per heavy atom. The first-order chi connectivity index (χ1) is 10.3. The van der Waals surface area contributed by atoms with Crippen LogP contribution in [0.5, 0.6) is 0 Å². The molecule has 1 N–H and O–H groups in total. The third kappa shape index (κ3) is 2.51. The van der Waals surface area contributed by atoms with E-state index in [9.17, 15) is 9.90 Å². The monoisotopic (exact) mass is 303 g/mol. The largest absolute Gasteiger partial charge is 0.387 e. The van der Waals surface area contributed by atoms with Gasteiger partial charge in [0.25, 0.3) is 5.91 Å². The van der Waals surface area contributed by atoms with Gasteiger partial charge in [-0.05, 0) is 25.7 Å². The molecule has 1 amide bonds. The van der Waals surface area contributed by atoms with Gasteiger partial charge in [-0.3, -0.25) is 4.79 Å². The number of hydrogen-bond donors (Lipinski definition) is 1.